The second-order valence-corrected chi connectivity index (χ2v) is 5.84. The first kappa shape index (κ1) is 17.0. The van der Waals surface area contributed by atoms with Crippen molar-refractivity contribution in [3.8, 4) is 10.6 Å². The molecule has 0 spiro atoms. The molecule has 9 heteroatoms. The molecule has 1 atom stereocenters. The van der Waals surface area contributed by atoms with Gasteiger partial charge in [-0.3, -0.25) is 9.59 Å². The van der Waals surface area contributed by atoms with E-state index in [1.807, 2.05) is 0 Å². The number of aliphatic hydroxyl groups is 2. The van der Waals surface area contributed by atoms with Gasteiger partial charge in [0.25, 0.3) is 5.91 Å². The standard InChI is InChI=1S/C14H16N4O4S/c1-7(20)10-2-3-11(23-10)9-5-16-13(15)12(18-9)14(22)17-4-8(21)6-19/h2-3,5,8,19,21H,4,6H2,1H3,(H2,15,16)(H,17,22)/t8-/m1/s1. The number of ketones is 1. The summed E-state index contributed by atoms with van der Waals surface area (Å²) in [5, 5.41) is 20.4. The van der Waals surface area contributed by atoms with Gasteiger partial charge in [0, 0.05) is 6.54 Å². The van der Waals surface area contributed by atoms with E-state index in [-0.39, 0.29) is 23.8 Å². The predicted molar refractivity (Wildman–Crippen MR) is 85.2 cm³/mol. The van der Waals surface area contributed by atoms with Gasteiger partial charge in [0.2, 0.25) is 0 Å². The first-order valence-electron chi connectivity index (χ1n) is 6.73. The predicted octanol–water partition coefficient (Wildman–Crippen LogP) is 0.0729. The molecule has 2 aromatic heterocycles. The lowest BCUT2D eigenvalue weighted by Crippen LogP contribution is -2.34. The number of hydrogen-bond acceptors (Lipinski definition) is 8. The monoisotopic (exact) mass is 336 g/mol. The quantitative estimate of drug-likeness (QED) is 0.548. The Hall–Kier alpha value is -2.36. The number of nitrogens with zero attached hydrogens (tertiary/aromatic N) is 2. The molecular formula is C14H16N4O4S. The molecule has 0 bridgehead atoms. The van der Waals surface area contributed by atoms with Crippen LogP contribution in [0.3, 0.4) is 0 Å². The summed E-state index contributed by atoms with van der Waals surface area (Å²) in [7, 11) is 0. The molecule has 122 valence electrons. The van der Waals surface area contributed by atoms with Crippen LogP contribution in [0.5, 0.6) is 0 Å². The van der Waals surface area contributed by atoms with Crippen LogP contribution in [0.15, 0.2) is 18.3 Å². The van der Waals surface area contributed by atoms with Gasteiger partial charge in [-0.05, 0) is 19.1 Å². The van der Waals surface area contributed by atoms with Crippen LogP contribution in [0, 0.1) is 0 Å². The first-order chi connectivity index (χ1) is 10.9. The van der Waals surface area contributed by atoms with Crippen molar-refractivity contribution in [1.82, 2.24) is 15.3 Å². The number of nitrogen functional groups attached to an aromatic ring is 1. The molecule has 8 nitrogen and oxygen atoms in total. The Morgan fingerprint density at radius 1 is 1.43 bits per heavy atom. The normalized spacial score (nSPS) is 12.0. The molecule has 0 saturated heterocycles. The van der Waals surface area contributed by atoms with E-state index in [4.69, 9.17) is 10.8 Å². The minimum absolute atomic E-state index is 0.0481. The number of anilines is 1. The number of nitrogens with one attached hydrogen (secondary N) is 1. The Balaban J connectivity index is 2.24. The molecule has 23 heavy (non-hydrogen) atoms. The van der Waals surface area contributed by atoms with Crippen LogP contribution in [0.2, 0.25) is 0 Å². The minimum atomic E-state index is -1.06. The number of aliphatic hydroxyl groups excluding tert-OH is 2. The number of carbonyl (C=O) groups excluding carboxylic acids is 2. The summed E-state index contributed by atoms with van der Waals surface area (Å²) < 4.78 is 0. The Morgan fingerprint density at radius 2 is 2.17 bits per heavy atom. The zero-order chi connectivity index (χ0) is 17.0. The highest BCUT2D eigenvalue weighted by Crippen LogP contribution is 2.27. The van der Waals surface area contributed by atoms with Crippen molar-refractivity contribution in [3.63, 3.8) is 0 Å². The van der Waals surface area contributed by atoms with E-state index in [1.165, 1.54) is 24.5 Å². The zero-order valence-electron chi connectivity index (χ0n) is 12.3. The fraction of sp³-hybridized carbons (Fsp3) is 0.286. The Labute approximate surface area is 136 Å². The topological polar surface area (TPSA) is 138 Å². The van der Waals surface area contributed by atoms with E-state index in [0.29, 0.717) is 15.4 Å². The molecule has 0 radical (unpaired) electrons. The van der Waals surface area contributed by atoms with Gasteiger partial charge in [-0.15, -0.1) is 11.3 Å². The van der Waals surface area contributed by atoms with Crippen molar-refractivity contribution >= 4 is 28.8 Å². The minimum Gasteiger partial charge on any atom is -0.394 e. The summed E-state index contributed by atoms with van der Waals surface area (Å²) in [5.41, 5.74) is 6.01. The Bertz CT molecular complexity index is 731. The van der Waals surface area contributed by atoms with E-state index in [2.05, 4.69) is 15.3 Å². The fourth-order valence-electron chi connectivity index (χ4n) is 1.71. The van der Waals surface area contributed by atoms with Gasteiger partial charge in [-0.25, -0.2) is 9.97 Å². The molecule has 0 saturated carbocycles. The van der Waals surface area contributed by atoms with Crippen LogP contribution < -0.4 is 11.1 Å². The highest BCUT2D eigenvalue weighted by Gasteiger charge is 2.16. The Kier molecular flexibility index (Phi) is 5.37. The summed E-state index contributed by atoms with van der Waals surface area (Å²) >= 11 is 1.24. The zero-order valence-corrected chi connectivity index (χ0v) is 13.1. The molecule has 5 N–H and O–H groups in total. The lowest BCUT2D eigenvalue weighted by Gasteiger charge is -2.10. The van der Waals surface area contributed by atoms with Gasteiger partial charge in [0.05, 0.1) is 34.4 Å². The summed E-state index contributed by atoms with van der Waals surface area (Å²) in [5.74, 6) is -0.707. The lowest BCUT2D eigenvalue weighted by molar-refractivity contribution is 0.0799. The number of rotatable bonds is 6. The smallest absolute Gasteiger partial charge is 0.273 e. The largest absolute Gasteiger partial charge is 0.394 e. The van der Waals surface area contributed by atoms with E-state index >= 15 is 0 Å². The second-order valence-electron chi connectivity index (χ2n) is 4.76. The third kappa shape index (κ3) is 4.09. The first-order valence-corrected chi connectivity index (χ1v) is 7.54. The van der Waals surface area contributed by atoms with Gasteiger partial charge in [-0.1, -0.05) is 0 Å². The third-order valence-electron chi connectivity index (χ3n) is 2.93. The summed E-state index contributed by atoms with van der Waals surface area (Å²) in [4.78, 5) is 32.8. The number of amides is 1. The second kappa shape index (κ2) is 7.27. The average molecular weight is 336 g/mol. The van der Waals surface area contributed by atoms with Gasteiger partial charge < -0.3 is 21.3 Å². The molecule has 0 unspecified atom stereocenters. The fourth-order valence-corrected chi connectivity index (χ4v) is 2.56. The number of carbonyl (C=O) groups is 2. The van der Waals surface area contributed by atoms with Gasteiger partial charge >= 0.3 is 0 Å². The molecule has 0 aliphatic carbocycles. The molecular weight excluding hydrogens is 320 g/mol. The van der Waals surface area contributed by atoms with Crippen molar-refractivity contribution in [2.75, 3.05) is 18.9 Å². The molecule has 0 aliphatic rings. The highest BCUT2D eigenvalue weighted by molar-refractivity contribution is 7.17. The van der Waals surface area contributed by atoms with Crippen LogP contribution in [0.4, 0.5) is 5.82 Å². The van der Waals surface area contributed by atoms with Crippen molar-refractivity contribution in [2.45, 2.75) is 13.0 Å². The number of hydrogen-bond donors (Lipinski definition) is 4. The third-order valence-corrected chi connectivity index (χ3v) is 4.14. The molecule has 1 amide bonds. The number of aromatic nitrogens is 2. The van der Waals surface area contributed by atoms with Crippen LogP contribution in [0.1, 0.15) is 27.1 Å². The average Bonchev–Trinajstić information content (AvgIpc) is 3.03. The summed E-state index contributed by atoms with van der Waals surface area (Å²) in [6.45, 7) is 0.869. The van der Waals surface area contributed by atoms with E-state index in [0.717, 1.165) is 0 Å². The Morgan fingerprint density at radius 3 is 2.78 bits per heavy atom. The number of thiophene rings is 1. The maximum absolute atomic E-state index is 12.0. The van der Waals surface area contributed by atoms with E-state index in [1.54, 1.807) is 12.1 Å². The highest BCUT2D eigenvalue weighted by atomic mass is 32.1. The van der Waals surface area contributed by atoms with Crippen molar-refractivity contribution in [2.24, 2.45) is 0 Å². The number of nitrogens with two attached hydrogens (primary N) is 1. The lowest BCUT2D eigenvalue weighted by atomic mass is 10.3. The van der Waals surface area contributed by atoms with Gasteiger partial charge in [0.15, 0.2) is 17.3 Å². The van der Waals surface area contributed by atoms with Crippen molar-refractivity contribution in [3.05, 3.63) is 28.9 Å². The van der Waals surface area contributed by atoms with E-state index < -0.39 is 18.6 Å². The van der Waals surface area contributed by atoms with Crippen molar-refractivity contribution < 1.29 is 19.8 Å². The van der Waals surface area contributed by atoms with Crippen LogP contribution in [0.25, 0.3) is 10.6 Å². The van der Waals surface area contributed by atoms with Crippen LogP contribution >= 0.6 is 11.3 Å². The summed E-state index contributed by atoms with van der Waals surface area (Å²) in [6.07, 6.45) is 0.358. The van der Waals surface area contributed by atoms with Gasteiger partial charge in [-0.2, -0.15) is 0 Å². The molecule has 2 aromatic rings. The molecule has 0 aromatic carbocycles. The molecule has 2 rings (SSSR count). The van der Waals surface area contributed by atoms with Crippen LogP contribution in [-0.2, 0) is 0 Å². The maximum atomic E-state index is 12.0. The molecule has 0 aliphatic heterocycles. The molecule has 0 fully saturated rings. The van der Waals surface area contributed by atoms with Crippen LogP contribution in [-0.4, -0.2) is 51.1 Å². The molecule has 2 heterocycles. The number of Topliss-reactive ketones (excluding diaryl/α,β-unsaturated/α-hetero) is 1. The van der Waals surface area contributed by atoms with E-state index in [9.17, 15) is 14.7 Å². The van der Waals surface area contributed by atoms with Gasteiger partial charge in [0.1, 0.15) is 0 Å². The van der Waals surface area contributed by atoms with Crippen molar-refractivity contribution in [1.29, 1.82) is 0 Å². The summed E-state index contributed by atoms with van der Waals surface area (Å²) in [6, 6.07) is 3.40. The maximum Gasteiger partial charge on any atom is 0.273 e. The SMILES string of the molecule is CC(=O)c1ccc(-c2cnc(N)c(C(=O)NC[C@@H](O)CO)n2)s1.